The van der Waals surface area contributed by atoms with Crippen molar-refractivity contribution in [3.05, 3.63) is 27.8 Å². The maximum absolute atomic E-state index is 12.0. The molecular formula is C12H16INO3S. The standard InChI is InChI=1S/C12H16INO3S/c13-10-4-6-11(7-5-10)18(16,17)14-8-9-2-1-3-12(9)15/h4-7,9,12,14-15H,1-3,8H2. The topological polar surface area (TPSA) is 66.4 Å². The molecule has 0 bridgehead atoms. The van der Waals surface area contributed by atoms with E-state index in [4.69, 9.17) is 0 Å². The van der Waals surface area contributed by atoms with Gasteiger partial charge in [0.25, 0.3) is 0 Å². The zero-order valence-corrected chi connectivity index (χ0v) is 12.8. The highest BCUT2D eigenvalue weighted by Gasteiger charge is 2.26. The first-order valence-corrected chi connectivity index (χ1v) is 8.48. The van der Waals surface area contributed by atoms with Gasteiger partial charge >= 0.3 is 0 Å². The zero-order chi connectivity index (χ0) is 13.2. The van der Waals surface area contributed by atoms with Crippen molar-refractivity contribution in [2.75, 3.05) is 6.54 Å². The second-order valence-corrected chi connectivity index (χ2v) is 7.58. The van der Waals surface area contributed by atoms with Gasteiger partial charge in [0.1, 0.15) is 0 Å². The number of aliphatic hydroxyl groups excluding tert-OH is 1. The summed E-state index contributed by atoms with van der Waals surface area (Å²) < 4.78 is 27.6. The lowest BCUT2D eigenvalue weighted by Crippen LogP contribution is -2.32. The Labute approximate surface area is 121 Å². The minimum Gasteiger partial charge on any atom is -0.393 e. The molecule has 4 nitrogen and oxygen atoms in total. The third-order valence-electron chi connectivity index (χ3n) is 3.28. The van der Waals surface area contributed by atoms with Gasteiger partial charge in [-0.1, -0.05) is 6.42 Å². The molecule has 1 aromatic rings. The maximum Gasteiger partial charge on any atom is 0.240 e. The molecule has 2 unspecified atom stereocenters. The van der Waals surface area contributed by atoms with Crippen LogP contribution in [0, 0.1) is 9.49 Å². The molecule has 100 valence electrons. The first-order valence-electron chi connectivity index (χ1n) is 5.92. The molecule has 0 heterocycles. The lowest BCUT2D eigenvalue weighted by molar-refractivity contribution is 0.134. The minimum absolute atomic E-state index is 0.0450. The highest BCUT2D eigenvalue weighted by Crippen LogP contribution is 2.25. The van der Waals surface area contributed by atoms with Crippen molar-refractivity contribution in [2.45, 2.75) is 30.3 Å². The van der Waals surface area contributed by atoms with Gasteiger partial charge in [-0.3, -0.25) is 0 Å². The third kappa shape index (κ3) is 3.43. The maximum atomic E-state index is 12.0. The van der Waals surface area contributed by atoms with E-state index < -0.39 is 10.0 Å². The molecule has 2 N–H and O–H groups in total. The molecule has 2 atom stereocenters. The monoisotopic (exact) mass is 381 g/mol. The molecule has 0 amide bonds. The van der Waals surface area contributed by atoms with Gasteiger partial charge in [-0.15, -0.1) is 0 Å². The van der Waals surface area contributed by atoms with E-state index in [0.717, 1.165) is 22.8 Å². The number of halogens is 1. The van der Waals surface area contributed by atoms with E-state index >= 15 is 0 Å². The fourth-order valence-electron chi connectivity index (χ4n) is 2.17. The second-order valence-electron chi connectivity index (χ2n) is 4.56. The van der Waals surface area contributed by atoms with Crippen LogP contribution in [0.4, 0.5) is 0 Å². The van der Waals surface area contributed by atoms with Crippen LogP contribution in [0.3, 0.4) is 0 Å². The lowest BCUT2D eigenvalue weighted by Gasteiger charge is -2.15. The van der Waals surface area contributed by atoms with Crippen LogP contribution in [0.2, 0.25) is 0 Å². The third-order valence-corrected chi connectivity index (χ3v) is 5.44. The Morgan fingerprint density at radius 2 is 1.94 bits per heavy atom. The summed E-state index contributed by atoms with van der Waals surface area (Å²) in [5.74, 6) is 0.0450. The van der Waals surface area contributed by atoms with E-state index in [2.05, 4.69) is 27.3 Å². The Morgan fingerprint density at radius 3 is 2.50 bits per heavy atom. The molecule has 0 radical (unpaired) electrons. The average Bonchev–Trinajstić information content (AvgIpc) is 2.73. The fraction of sp³-hybridized carbons (Fsp3) is 0.500. The van der Waals surface area contributed by atoms with Crippen molar-refractivity contribution >= 4 is 32.6 Å². The Balaban J connectivity index is 2.01. The largest absolute Gasteiger partial charge is 0.393 e. The number of hydrogen-bond donors (Lipinski definition) is 2. The molecular weight excluding hydrogens is 365 g/mol. The van der Waals surface area contributed by atoms with Crippen LogP contribution < -0.4 is 4.72 Å². The average molecular weight is 381 g/mol. The zero-order valence-electron chi connectivity index (χ0n) is 9.84. The van der Waals surface area contributed by atoms with Crippen LogP contribution in [0.1, 0.15) is 19.3 Å². The number of sulfonamides is 1. The van der Waals surface area contributed by atoms with Crippen molar-refractivity contribution in [3.8, 4) is 0 Å². The van der Waals surface area contributed by atoms with E-state index in [9.17, 15) is 13.5 Å². The number of hydrogen-bond acceptors (Lipinski definition) is 3. The predicted octanol–water partition coefficient (Wildman–Crippen LogP) is 1.73. The quantitative estimate of drug-likeness (QED) is 0.781. The lowest BCUT2D eigenvalue weighted by atomic mass is 10.1. The van der Waals surface area contributed by atoms with Gasteiger partial charge in [-0.2, -0.15) is 0 Å². The van der Waals surface area contributed by atoms with Gasteiger partial charge < -0.3 is 5.11 Å². The molecule has 6 heteroatoms. The molecule has 0 spiro atoms. The summed E-state index contributed by atoms with van der Waals surface area (Å²) in [5.41, 5.74) is 0. The Morgan fingerprint density at radius 1 is 1.28 bits per heavy atom. The Hall–Kier alpha value is -0.180. The molecule has 1 aliphatic rings. The summed E-state index contributed by atoms with van der Waals surface area (Å²) in [7, 11) is -3.45. The first-order chi connectivity index (χ1) is 8.49. The summed E-state index contributed by atoms with van der Waals surface area (Å²) in [6.45, 7) is 0.315. The summed E-state index contributed by atoms with van der Waals surface area (Å²) in [4.78, 5) is 0.274. The molecule has 1 fully saturated rings. The van der Waals surface area contributed by atoms with Crippen molar-refractivity contribution in [1.82, 2.24) is 4.72 Å². The number of nitrogens with one attached hydrogen (secondary N) is 1. The molecule has 1 aromatic carbocycles. The normalized spacial score (nSPS) is 24.3. The van der Waals surface area contributed by atoms with E-state index in [1.807, 2.05) is 0 Å². The van der Waals surface area contributed by atoms with Gasteiger partial charge in [0.15, 0.2) is 0 Å². The SMILES string of the molecule is O=S(=O)(NCC1CCCC1O)c1ccc(I)cc1. The smallest absolute Gasteiger partial charge is 0.240 e. The summed E-state index contributed by atoms with van der Waals surface area (Å²) in [5, 5.41) is 9.66. The van der Waals surface area contributed by atoms with Gasteiger partial charge in [-0.25, -0.2) is 13.1 Å². The van der Waals surface area contributed by atoms with Crippen molar-refractivity contribution in [2.24, 2.45) is 5.92 Å². The molecule has 0 saturated heterocycles. The van der Waals surface area contributed by atoms with Crippen molar-refractivity contribution in [3.63, 3.8) is 0 Å². The van der Waals surface area contributed by atoms with E-state index in [1.54, 1.807) is 24.3 Å². The summed E-state index contributed by atoms with van der Waals surface area (Å²) in [6, 6.07) is 6.71. The van der Waals surface area contributed by atoms with Crippen LogP contribution in [0.15, 0.2) is 29.2 Å². The highest BCUT2D eigenvalue weighted by atomic mass is 127. The van der Waals surface area contributed by atoms with Crippen LogP contribution in [-0.4, -0.2) is 26.2 Å². The van der Waals surface area contributed by atoms with Gasteiger partial charge in [-0.05, 0) is 65.6 Å². The van der Waals surface area contributed by atoms with E-state index in [1.165, 1.54) is 0 Å². The molecule has 0 aromatic heterocycles. The fourth-order valence-corrected chi connectivity index (χ4v) is 3.62. The van der Waals surface area contributed by atoms with E-state index in [-0.39, 0.29) is 16.9 Å². The highest BCUT2D eigenvalue weighted by molar-refractivity contribution is 14.1. The number of benzene rings is 1. The summed E-state index contributed by atoms with van der Waals surface area (Å²) >= 11 is 2.13. The van der Waals surface area contributed by atoms with Gasteiger partial charge in [0, 0.05) is 10.1 Å². The number of aliphatic hydroxyl groups is 1. The van der Waals surface area contributed by atoms with Gasteiger partial charge in [0.2, 0.25) is 10.0 Å². The first kappa shape index (κ1) is 14.2. The molecule has 2 rings (SSSR count). The second kappa shape index (κ2) is 5.85. The van der Waals surface area contributed by atoms with E-state index in [0.29, 0.717) is 6.54 Å². The summed E-state index contributed by atoms with van der Waals surface area (Å²) in [6.07, 6.45) is 2.26. The van der Waals surface area contributed by atoms with Crippen LogP contribution in [0.25, 0.3) is 0 Å². The molecule has 1 saturated carbocycles. The molecule has 0 aliphatic heterocycles. The van der Waals surface area contributed by atoms with Crippen LogP contribution in [-0.2, 0) is 10.0 Å². The Bertz CT molecular complexity index is 501. The predicted molar refractivity (Wildman–Crippen MR) is 77.7 cm³/mol. The van der Waals surface area contributed by atoms with Crippen molar-refractivity contribution < 1.29 is 13.5 Å². The van der Waals surface area contributed by atoms with Crippen molar-refractivity contribution in [1.29, 1.82) is 0 Å². The minimum atomic E-state index is -3.45. The Kier molecular flexibility index (Phi) is 4.63. The molecule has 18 heavy (non-hydrogen) atoms. The van der Waals surface area contributed by atoms with Crippen LogP contribution in [0.5, 0.6) is 0 Å². The number of rotatable bonds is 4. The van der Waals surface area contributed by atoms with Gasteiger partial charge in [0.05, 0.1) is 11.0 Å². The van der Waals surface area contributed by atoms with Crippen LogP contribution >= 0.6 is 22.6 Å². The molecule has 1 aliphatic carbocycles.